The van der Waals surface area contributed by atoms with E-state index in [0.29, 0.717) is 24.7 Å². The summed E-state index contributed by atoms with van der Waals surface area (Å²) in [4.78, 5) is 14.5. The fourth-order valence-electron chi connectivity index (χ4n) is 3.14. The summed E-state index contributed by atoms with van der Waals surface area (Å²) < 4.78 is 45.2. The Bertz CT molecular complexity index is 827. The zero-order chi connectivity index (χ0) is 20.3. The molecule has 1 saturated heterocycles. The summed E-state index contributed by atoms with van der Waals surface area (Å²) in [6.07, 6.45) is -4.77. The molecule has 28 heavy (non-hydrogen) atoms. The molecule has 1 fully saturated rings. The number of benzene rings is 2. The predicted octanol–water partition coefficient (Wildman–Crippen LogP) is 4.76. The lowest BCUT2D eigenvalue weighted by atomic mass is 10.1. The van der Waals surface area contributed by atoms with Crippen LogP contribution in [-0.2, 0) is 15.7 Å². The molecule has 8 heteroatoms. The van der Waals surface area contributed by atoms with Gasteiger partial charge in [-0.3, -0.25) is 9.69 Å². The molecule has 1 heterocycles. The van der Waals surface area contributed by atoms with Crippen molar-refractivity contribution < 1.29 is 22.7 Å². The molecule has 4 nitrogen and oxygen atoms in total. The van der Waals surface area contributed by atoms with Gasteiger partial charge in [0.15, 0.2) is 0 Å². The van der Waals surface area contributed by atoms with Crippen LogP contribution in [0.5, 0.6) is 0 Å². The lowest BCUT2D eigenvalue weighted by Gasteiger charge is -2.36. The Hall–Kier alpha value is -2.09. The number of hydrogen-bond donors (Lipinski definition) is 1. The van der Waals surface area contributed by atoms with Gasteiger partial charge in [0, 0.05) is 18.1 Å². The Morgan fingerprint density at radius 1 is 1.21 bits per heavy atom. The monoisotopic (exact) mass is 412 g/mol. The maximum absolute atomic E-state index is 13.1. The van der Waals surface area contributed by atoms with Gasteiger partial charge in [0.1, 0.15) is 0 Å². The second-order valence-corrected chi connectivity index (χ2v) is 7.05. The van der Waals surface area contributed by atoms with Crippen LogP contribution in [0.25, 0.3) is 0 Å². The molecule has 0 spiro atoms. The van der Waals surface area contributed by atoms with Crippen molar-refractivity contribution in [2.75, 3.05) is 25.0 Å². The van der Waals surface area contributed by atoms with E-state index in [-0.39, 0.29) is 11.8 Å². The van der Waals surface area contributed by atoms with Crippen molar-refractivity contribution in [3.63, 3.8) is 0 Å². The molecule has 0 aromatic heterocycles. The third kappa shape index (κ3) is 4.84. The van der Waals surface area contributed by atoms with E-state index in [4.69, 9.17) is 16.3 Å². The van der Waals surface area contributed by atoms with Crippen molar-refractivity contribution in [1.29, 1.82) is 0 Å². The Kier molecular flexibility index (Phi) is 6.27. The number of alkyl halides is 3. The van der Waals surface area contributed by atoms with Crippen LogP contribution in [0.1, 0.15) is 24.2 Å². The highest BCUT2D eigenvalue weighted by Gasteiger charge is 2.35. The normalized spacial score (nSPS) is 19.2. The van der Waals surface area contributed by atoms with E-state index in [9.17, 15) is 18.0 Å². The summed E-state index contributed by atoms with van der Waals surface area (Å²) in [5.41, 5.74) is -0.171. The molecule has 2 unspecified atom stereocenters. The molecule has 0 radical (unpaired) electrons. The number of morpholine rings is 1. The maximum atomic E-state index is 13.1. The molecular weight excluding hydrogens is 393 g/mol. The highest BCUT2D eigenvalue weighted by molar-refractivity contribution is 6.30. The smallest absolute Gasteiger partial charge is 0.371 e. The van der Waals surface area contributed by atoms with Gasteiger partial charge in [0.2, 0.25) is 5.91 Å². The van der Waals surface area contributed by atoms with E-state index >= 15 is 0 Å². The van der Waals surface area contributed by atoms with Crippen LogP contribution in [0.15, 0.2) is 48.5 Å². The number of para-hydroxylation sites is 1. The van der Waals surface area contributed by atoms with Gasteiger partial charge in [0.05, 0.1) is 30.0 Å². The Balaban J connectivity index is 1.69. The predicted molar refractivity (Wildman–Crippen MR) is 101 cm³/mol. The molecule has 1 N–H and O–H groups in total. The van der Waals surface area contributed by atoms with E-state index in [1.807, 2.05) is 17.0 Å². The number of anilines is 1. The zero-order valence-electron chi connectivity index (χ0n) is 15.2. The summed E-state index contributed by atoms with van der Waals surface area (Å²) in [6.45, 7) is 3.07. The summed E-state index contributed by atoms with van der Waals surface area (Å²) >= 11 is 5.91. The van der Waals surface area contributed by atoms with Crippen molar-refractivity contribution in [3.05, 3.63) is 64.7 Å². The number of amides is 1. The van der Waals surface area contributed by atoms with Crippen LogP contribution in [-0.4, -0.2) is 36.5 Å². The molecule has 0 aliphatic carbocycles. The highest BCUT2D eigenvalue weighted by Crippen LogP contribution is 2.34. The van der Waals surface area contributed by atoms with Gasteiger partial charge in [-0.15, -0.1) is 0 Å². The van der Waals surface area contributed by atoms with E-state index in [0.717, 1.165) is 11.6 Å². The van der Waals surface area contributed by atoms with Crippen LogP contribution in [0.3, 0.4) is 0 Å². The fraction of sp³-hybridized carbons (Fsp3) is 0.350. The van der Waals surface area contributed by atoms with Gasteiger partial charge < -0.3 is 10.1 Å². The third-order valence-corrected chi connectivity index (χ3v) is 5.01. The first-order valence-corrected chi connectivity index (χ1v) is 9.21. The van der Waals surface area contributed by atoms with Crippen molar-refractivity contribution >= 4 is 23.2 Å². The van der Waals surface area contributed by atoms with Gasteiger partial charge in [0.25, 0.3) is 0 Å². The number of halogens is 4. The van der Waals surface area contributed by atoms with Crippen molar-refractivity contribution in [1.82, 2.24) is 4.90 Å². The van der Waals surface area contributed by atoms with E-state index in [2.05, 4.69) is 5.32 Å². The summed E-state index contributed by atoms with van der Waals surface area (Å²) in [6, 6.07) is 11.6. The molecule has 1 aliphatic rings. The maximum Gasteiger partial charge on any atom is 0.418 e. The van der Waals surface area contributed by atoms with Crippen LogP contribution >= 0.6 is 11.6 Å². The number of rotatable bonds is 4. The van der Waals surface area contributed by atoms with Gasteiger partial charge in [-0.1, -0.05) is 35.9 Å². The first-order chi connectivity index (χ1) is 13.3. The van der Waals surface area contributed by atoms with E-state index < -0.39 is 23.7 Å². The largest absolute Gasteiger partial charge is 0.418 e. The minimum absolute atomic E-state index is 0.233. The molecule has 2 aromatic carbocycles. The molecule has 0 saturated carbocycles. The molecule has 2 atom stereocenters. The molecule has 2 aromatic rings. The first kappa shape index (κ1) is 20.6. The molecule has 150 valence electrons. The molecule has 0 bridgehead atoms. The van der Waals surface area contributed by atoms with Gasteiger partial charge in [-0.2, -0.15) is 13.2 Å². The molecule has 3 rings (SSSR count). The number of carbonyl (C=O) groups excluding carboxylic acids is 1. The Labute approximate surface area is 166 Å². The van der Waals surface area contributed by atoms with Crippen molar-refractivity contribution in [2.24, 2.45) is 0 Å². The quantitative estimate of drug-likeness (QED) is 0.787. The second-order valence-electron chi connectivity index (χ2n) is 6.61. The minimum atomic E-state index is -4.54. The second kappa shape index (κ2) is 8.51. The molecule has 1 amide bonds. The minimum Gasteiger partial charge on any atom is -0.371 e. The zero-order valence-corrected chi connectivity index (χ0v) is 15.9. The first-order valence-electron chi connectivity index (χ1n) is 8.84. The lowest BCUT2D eigenvalue weighted by molar-refractivity contribution is -0.137. The van der Waals surface area contributed by atoms with Crippen molar-refractivity contribution in [2.45, 2.75) is 25.2 Å². The number of ether oxygens (including phenoxy) is 1. The molecular formula is C20H20ClF3N2O2. The summed E-state index contributed by atoms with van der Waals surface area (Å²) in [5, 5.41) is 3.04. The number of hydrogen-bond acceptors (Lipinski definition) is 3. The van der Waals surface area contributed by atoms with Gasteiger partial charge in [-0.25, -0.2) is 0 Å². The Morgan fingerprint density at radius 3 is 2.57 bits per heavy atom. The topological polar surface area (TPSA) is 41.6 Å². The summed E-state index contributed by atoms with van der Waals surface area (Å²) in [7, 11) is 0. The van der Waals surface area contributed by atoms with E-state index in [1.54, 1.807) is 19.1 Å². The average Bonchev–Trinajstić information content (AvgIpc) is 2.67. The van der Waals surface area contributed by atoms with Gasteiger partial charge in [-0.05, 0) is 36.8 Å². The van der Waals surface area contributed by atoms with E-state index in [1.165, 1.54) is 18.2 Å². The average molecular weight is 413 g/mol. The number of nitrogens with zero attached hydrogens (tertiary/aromatic N) is 1. The van der Waals surface area contributed by atoms with Crippen LogP contribution < -0.4 is 5.32 Å². The number of carbonyl (C=O) groups is 1. The standard InChI is InChI=1S/C20H20ClF3N2O2/c1-13(19(27)25-17-5-3-2-4-16(17)20(22,23)24)26-10-11-28-18(12-26)14-6-8-15(21)9-7-14/h2-9,13,18H,10-12H2,1H3,(H,25,27). The Morgan fingerprint density at radius 2 is 1.89 bits per heavy atom. The van der Waals surface area contributed by atoms with Crippen molar-refractivity contribution in [3.8, 4) is 0 Å². The third-order valence-electron chi connectivity index (χ3n) is 4.76. The van der Waals surface area contributed by atoms with Crippen LogP contribution in [0.2, 0.25) is 5.02 Å². The van der Waals surface area contributed by atoms with Crippen LogP contribution in [0, 0.1) is 0 Å². The van der Waals surface area contributed by atoms with Gasteiger partial charge >= 0.3 is 6.18 Å². The SMILES string of the molecule is CC(C(=O)Nc1ccccc1C(F)(F)F)N1CCOC(c2ccc(Cl)cc2)C1. The van der Waals surface area contributed by atoms with Crippen LogP contribution in [0.4, 0.5) is 18.9 Å². The lowest BCUT2D eigenvalue weighted by Crippen LogP contribution is -2.48. The number of nitrogens with one attached hydrogen (secondary N) is 1. The summed E-state index contributed by atoms with van der Waals surface area (Å²) in [5.74, 6) is -0.492. The molecule has 1 aliphatic heterocycles. The fourth-order valence-corrected chi connectivity index (χ4v) is 3.27. The highest BCUT2D eigenvalue weighted by atomic mass is 35.5.